The molecule has 1 unspecified atom stereocenters. The summed E-state index contributed by atoms with van der Waals surface area (Å²) in [4.78, 5) is 0. The average molecular weight is 299 g/mol. The first kappa shape index (κ1) is 14.6. The zero-order valence-electron chi connectivity index (χ0n) is 10.6. The molecule has 2 nitrogen and oxygen atoms in total. The third-order valence-corrected chi connectivity index (χ3v) is 4.00. The molecule has 1 atom stereocenters. The Morgan fingerprint density at radius 2 is 1.68 bits per heavy atom. The summed E-state index contributed by atoms with van der Waals surface area (Å²) in [5.41, 5.74) is -0.535. The molecule has 1 aromatic carbocycles. The fraction of sp³-hybridized carbons (Fsp3) is 0.333. The summed E-state index contributed by atoms with van der Waals surface area (Å²) in [6.07, 6.45) is 2.44. The van der Waals surface area contributed by atoms with Crippen molar-refractivity contribution in [2.45, 2.75) is 31.0 Å². The molecule has 2 N–H and O–H groups in total. The number of rotatable bonds is 3. The predicted molar refractivity (Wildman–Crippen MR) is 78.3 cm³/mol. The van der Waals surface area contributed by atoms with Crippen LogP contribution in [0.5, 0.6) is 0 Å². The van der Waals surface area contributed by atoms with Crippen LogP contribution in [0.2, 0.25) is 0 Å². The van der Waals surface area contributed by atoms with Crippen molar-refractivity contribution in [1.82, 2.24) is 0 Å². The van der Waals surface area contributed by atoms with E-state index in [0.717, 1.165) is 5.56 Å². The number of allylic oxidation sites excluding steroid dienone is 2. The van der Waals surface area contributed by atoms with E-state index in [9.17, 15) is 10.2 Å². The monoisotopic (exact) mass is 298 g/mol. The van der Waals surface area contributed by atoms with Crippen molar-refractivity contribution in [2.24, 2.45) is 0 Å². The summed E-state index contributed by atoms with van der Waals surface area (Å²) in [6, 6.07) is 9.59. The first-order valence-corrected chi connectivity index (χ1v) is 6.95. The fourth-order valence-corrected chi connectivity index (χ4v) is 3.16. The van der Waals surface area contributed by atoms with E-state index in [2.05, 4.69) is 0 Å². The van der Waals surface area contributed by atoms with Crippen LogP contribution in [-0.4, -0.2) is 21.9 Å². The maximum absolute atomic E-state index is 10.4. The van der Waals surface area contributed by atoms with Gasteiger partial charge in [-0.1, -0.05) is 60.5 Å². The lowest BCUT2D eigenvalue weighted by Crippen LogP contribution is -2.40. The maximum atomic E-state index is 10.4. The topological polar surface area (TPSA) is 40.5 Å². The number of aliphatic hydroxyl groups is 2. The minimum Gasteiger partial charge on any atom is -0.389 e. The van der Waals surface area contributed by atoms with Gasteiger partial charge < -0.3 is 10.2 Å². The molecular formula is C15H16Cl2O2. The lowest BCUT2D eigenvalue weighted by atomic mass is 9.84. The van der Waals surface area contributed by atoms with Gasteiger partial charge in [-0.2, -0.15) is 0 Å². The van der Waals surface area contributed by atoms with Crippen LogP contribution in [0, 0.1) is 0 Å². The number of hydrogen-bond donors (Lipinski definition) is 2. The Morgan fingerprint density at radius 1 is 1.16 bits per heavy atom. The van der Waals surface area contributed by atoms with Crippen LogP contribution in [0.3, 0.4) is 0 Å². The first-order valence-electron chi connectivity index (χ1n) is 6.20. The lowest BCUT2D eigenvalue weighted by Gasteiger charge is -2.33. The first-order chi connectivity index (χ1) is 8.98. The second kappa shape index (κ2) is 5.68. The average Bonchev–Trinajstić information content (AvgIpc) is 2.38. The molecule has 0 saturated heterocycles. The molecule has 0 aromatic heterocycles. The minimum absolute atomic E-state index is 0.270. The summed E-state index contributed by atoms with van der Waals surface area (Å²) < 4.78 is 0. The normalized spacial score (nSPS) is 28.6. The Hall–Kier alpha value is -0.800. The van der Waals surface area contributed by atoms with E-state index in [-0.39, 0.29) is 5.92 Å². The van der Waals surface area contributed by atoms with Crippen molar-refractivity contribution in [3.8, 4) is 0 Å². The summed E-state index contributed by atoms with van der Waals surface area (Å²) in [5, 5.41) is 21.1. The van der Waals surface area contributed by atoms with Crippen LogP contribution in [0.4, 0.5) is 0 Å². The molecule has 19 heavy (non-hydrogen) atoms. The molecule has 1 aliphatic carbocycles. The van der Waals surface area contributed by atoms with Gasteiger partial charge in [0, 0.05) is 10.1 Å². The van der Waals surface area contributed by atoms with E-state index >= 15 is 0 Å². The van der Waals surface area contributed by atoms with Crippen LogP contribution in [-0.2, 0) is 0 Å². The van der Waals surface area contributed by atoms with E-state index in [1.807, 2.05) is 30.3 Å². The molecule has 0 amide bonds. The van der Waals surface area contributed by atoms with Gasteiger partial charge in [-0.15, -0.1) is 0 Å². The number of halogens is 2. The van der Waals surface area contributed by atoms with Crippen LogP contribution < -0.4 is 0 Å². The van der Waals surface area contributed by atoms with Crippen LogP contribution >= 0.6 is 23.2 Å². The van der Waals surface area contributed by atoms with Gasteiger partial charge >= 0.3 is 0 Å². The number of aliphatic hydroxyl groups excluding tert-OH is 1. The highest BCUT2D eigenvalue weighted by molar-refractivity contribution is 6.35. The predicted octanol–water partition coefficient (Wildman–Crippen LogP) is 3.53. The Balaban J connectivity index is 2.39. The molecule has 0 spiro atoms. The number of benzene rings is 1. The van der Waals surface area contributed by atoms with Crippen molar-refractivity contribution in [3.63, 3.8) is 0 Å². The highest BCUT2D eigenvalue weighted by Gasteiger charge is 2.37. The van der Waals surface area contributed by atoms with Crippen molar-refractivity contribution in [2.75, 3.05) is 0 Å². The second-order valence-electron chi connectivity index (χ2n) is 4.71. The zero-order chi connectivity index (χ0) is 14.0. The molecular weight excluding hydrogens is 283 g/mol. The molecule has 1 aliphatic rings. The zero-order valence-corrected chi connectivity index (χ0v) is 12.1. The number of hydrogen-bond acceptors (Lipinski definition) is 2. The Labute approximate surface area is 123 Å². The molecule has 0 bridgehead atoms. The standard InChI is InChI=1S/C15H16Cl2O2/c1-2-13(18)15(19)8-11(16)14(12(17)9-15)10-6-4-3-5-7-10/h3-9,13-14,18-19H,2H2,1H3. The van der Waals surface area contributed by atoms with E-state index in [1.54, 1.807) is 6.92 Å². The van der Waals surface area contributed by atoms with Crippen molar-refractivity contribution in [3.05, 3.63) is 58.1 Å². The summed E-state index contributed by atoms with van der Waals surface area (Å²) >= 11 is 12.5. The Kier molecular flexibility index (Phi) is 4.36. The Morgan fingerprint density at radius 3 is 2.16 bits per heavy atom. The van der Waals surface area contributed by atoms with E-state index < -0.39 is 11.7 Å². The van der Waals surface area contributed by atoms with Gasteiger partial charge in [-0.25, -0.2) is 0 Å². The maximum Gasteiger partial charge on any atom is 0.129 e. The van der Waals surface area contributed by atoms with Gasteiger partial charge in [0.15, 0.2) is 0 Å². The van der Waals surface area contributed by atoms with Crippen LogP contribution in [0.15, 0.2) is 52.5 Å². The van der Waals surface area contributed by atoms with Crippen molar-refractivity contribution < 1.29 is 10.2 Å². The van der Waals surface area contributed by atoms with Crippen LogP contribution in [0.25, 0.3) is 0 Å². The molecule has 0 radical (unpaired) electrons. The van der Waals surface area contributed by atoms with Crippen LogP contribution in [0.1, 0.15) is 24.8 Å². The van der Waals surface area contributed by atoms with Gasteiger partial charge in [0.05, 0.1) is 12.0 Å². The molecule has 4 heteroatoms. The molecule has 0 heterocycles. The molecule has 2 rings (SSSR count). The van der Waals surface area contributed by atoms with E-state index in [1.165, 1.54) is 12.2 Å². The fourth-order valence-electron chi connectivity index (χ4n) is 2.27. The summed E-state index contributed by atoms with van der Waals surface area (Å²) in [7, 11) is 0. The van der Waals surface area contributed by atoms with Gasteiger partial charge in [-0.3, -0.25) is 0 Å². The minimum atomic E-state index is -1.49. The van der Waals surface area contributed by atoms with Crippen molar-refractivity contribution in [1.29, 1.82) is 0 Å². The van der Waals surface area contributed by atoms with Crippen molar-refractivity contribution >= 4 is 23.2 Å². The van der Waals surface area contributed by atoms with Gasteiger partial charge in [-0.05, 0) is 24.1 Å². The molecule has 0 saturated carbocycles. The third kappa shape index (κ3) is 2.87. The molecule has 102 valence electrons. The molecule has 0 fully saturated rings. The quantitative estimate of drug-likeness (QED) is 0.896. The summed E-state index contributed by atoms with van der Waals surface area (Å²) in [5.74, 6) is -0.270. The Bertz CT molecular complexity index is 488. The van der Waals surface area contributed by atoms with Gasteiger partial charge in [0.1, 0.15) is 5.60 Å². The van der Waals surface area contributed by atoms with E-state index in [0.29, 0.717) is 16.5 Å². The second-order valence-corrected chi connectivity index (χ2v) is 5.59. The highest BCUT2D eigenvalue weighted by Crippen LogP contribution is 2.43. The highest BCUT2D eigenvalue weighted by atomic mass is 35.5. The largest absolute Gasteiger partial charge is 0.389 e. The smallest absolute Gasteiger partial charge is 0.129 e. The van der Waals surface area contributed by atoms with Gasteiger partial charge in [0.2, 0.25) is 0 Å². The third-order valence-electron chi connectivity index (χ3n) is 3.34. The molecule has 0 aliphatic heterocycles. The van der Waals surface area contributed by atoms with E-state index in [4.69, 9.17) is 23.2 Å². The summed E-state index contributed by atoms with van der Waals surface area (Å²) in [6.45, 7) is 1.79. The SMILES string of the molecule is CCC(O)C1(O)C=C(Cl)C(c2ccccc2)C(Cl)=C1. The van der Waals surface area contributed by atoms with Gasteiger partial charge in [0.25, 0.3) is 0 Å². The molecule has 1 aromatic rings. The lowest BCUT2D eigenvalue weighted by molar-refractivity contribution is -0.00849.